The summed E-state index contributed by atoms with van der Waals surface area (Å²) in [4.78, 5) is 26.2. The van der Waals surface area contributed by atoms with Crippen LogP contribution in [0.15, 0.2) is 24.3 Å². The van der Waals surface area contributed by atoms with Gasteiger partial charge in [-0.2, -0.15) is 0 Å². The number of hydrogen-bond donors (Lipinski definition) is 2. The lowest BCUT2D eigenvalue weighted by molar-refractivity contribution is -0.148. The van der Waals surface area contributed by atoms with Gasteiger partial charge in [0.15, 0.2) is 0 Å². The molecule has 1 atom stereocenters. The molecule has 1 amide bonds. The number of amides is 1. The third kappa shape index (κ3) is 3.30. The fourth-order valence-corrected chi connectivity index (χ4v) is 3.20. The number of hydrogen-bond acceptors (Lipinski definition) is 3. The summed E-state index contributed by atoms with van der Waals surface area (Å²) in [6.07, 6.45) is 2.68. The predicted octanol–water partition coefficient (Wildman–Crippen LogP) is 2.11. The number of carbonyl (C=O) groups is 2. The lowest BCUT2D eigenvalue weighted by Crippen LogP contribution is -2.55. The summed E-state index contributed by atoms with van der Waals surface area (Å²) in [5.41, 5.74) is 0.849. The van der Waals surface area contributed by atoms with Gasteiger partial charge in [0.05, 0.1) is 0 Å². The third-order valence-corrected chi connectivity index (χ3v) is 4.35. The molecule has 1 aromatic carbocycles. The van der Waals surface area contributed by atoms with Crippen LogP contribution >= 0.6 is 0 Å². The number of rotatable bonds is 5. The number of aryl methyl sites for hydroxylation is 1. The molecule has 120 valence electrons. The van der Waals surface area contributed by atoms with E-state index in [1.165, 1.54) is 0 Å². The molecule has 2 rings (SSSR count). The molecule has 0 saturated heterocycles. The number of likely N-dealkylation sites (N-methyl/N-ethyl adjacent to an activating group) is 1. The molecule has 0 heterocycles. The molecule has 1 aliphatic carbocycles. The lowest BCUT2D eigenvalue weighted by atomic mass is 9.95. The van der Waals surface area contributed by atoms with Crippen LogP contribution < -0.4 is 5.32 Å². The van der Waals surface area contributed by atoms with E-state index in [1.807, 2.05) is 50.2 Å². The Hall–Kier alpha value is -1.88. The van der Waals surface area contributed by atoms with Gasteiger partial charge in [-0.25, -0.2) is 4.79 Å². The molecule has 2 N–H and O–H groups in total. The second-order valence-corrected chi connectivity index (χ2v) is 6.36. The van der Waals surface area contributed by atoms with Crippen molar-refractivity contribution in [1.29, 1.82) is 0 Å². The fourth-order valence-electron chi connectivity index (χ4n) is 3.20. The summed E-state index contributed by atoms with van der Waals surface area (Å²) in [6.45, 7) is 1.98. The first-order valence-corrected chi connectivity index (χ1v) is 7.64. The molecule has 0 aliphatic heterocycles. The molecule has 5 heteroatoms. The summed E-state index contributed by atoms with van der Waals surface area (Å²) < 4.78 is 0. The van der Waals surface area contributed by atoms with E-state index < -0.39 is 17.6 Å². The van der Waals surface area contributed by atoms with Crippen LogP contribution in [0.1, 0.15) is 42.9 Å². The Morgan fingerprint density at radius 3 is 2.41 bits per heavy atom. The summed E-state index contributed by atoms with van der Waals surface area (Å²) >= 11 is 0. The largest absolute Gasteiger partial charge is 0.480 e. The van der Waals surface area contributed by atoms with Gasteiger partial charge in [0.1, 0.15) is 11.6 Å². The minimum atomic E-state index is -1.10. The van der Waals surface area contributed by atoms with Crippen molar-refractivity contribution < 1.29 is 14.7 Å². The summed E-state index contributed by atoms with van der Waals surface area (Å²) in [6, 6.07) is 7.27. The standard InChI is InChI=1S/C17H24N2O3/c1-12-7-6-8-13(11-12)14(19(2)3)15(20)18-17(16(21)22)9-4-5-10-17/h6-8,11,14H,4-5,9-10H2,1-3H3,(H,18,20)(H,21,22). The normalized spacial score (nSPS) is 18.2. The summed E-state index contributed by atoms with van der Waals surface area (Å²) in [7, 11) is 3.66. The molecular weight excluding hydrogens is 280 g/mol. The zero-order valence-corrected chi connectivity index (χ0v) is 13.4. The summed E-state index contributed by atoms with van der Waals surface area (Å²) in [5.74, 6) is -1.18. The predicted molar refractivity (Wildman–Crippen MR) is 84.6 cm³/mol. The van der Waals surface area contributed by atoms with Gasteiger partial charge in [-0.15, -0.1) is 0 Å². The van der Waals surface area contributed by atoms with Gasteiger partial charge in [-0.3, -0.25) is 9.69 Å². The summed E-state index contributed by atoms with van der Waals surface area (Å²) in [5, 5.41) is 12.3. The Kier molecular flexibility index (Phi) is 4.86. The van der Waals surface area contributed by atoms with Crippen molar-refractivity contribution in [3.63, 3.8) is 0 Å². The molecule has 1 unspecified atom stereocenters. The third-order valence-electron chi connectivity index (χ3n) is 4.35. The van der Waals surface area contributed by atoms with E-state index in [2.05, 4.69) is 5.32 Å². The lowest BCUT2D eigenvalue weighted by Gasteiger charge is -2.30. The smallest absolute Gasteiger partial charge is 0.329 e. The zero-order valence-electron chi connectivity index (χ0n) is 13.4. The van der Waals surface area contributed by atoms with Crippen molar-refractivity contribution in [1.82, 2.24) is 10.2 Å². The maximum atomic E-state index is 12.7. The number of aliphatic carboxylic acids is 1. The minimum Gasteiger partial charge on any atom is -0.480 e. The quantitative estimate of drug-likeness (QED) is 0.874. The van der Waals surface area contributed by atoms with Crippen molar-refractivity contribution >= 4 is 11.9 Å². The minimum absolute atomic E-state index is 0.250. The molecule has 0 radical (unpaired) electrons. The van der Waals surface area contributed by atoms with Crippen LogP contribution in [-0.2, 0) is 9.59 Å². The highest BCUT2D eigenvalue weighted by Crippen LogP contribution is 2.31. The van der Waals surface area contributed by atoms with Gasteiger partial charge in [-0.1, -0.05) is 42.7 Å². The van der Waals surface area contributed by atoms with Gasteiger partial charge in [-0.05, 0) is 39.4 Å². The van der Waals surface area contributed by atoms with E-state index in [1.54, 1.807) is 0 Å². The highest BCUT2D eigenvalue weighted by atomic mass is 16.4. The number of nitrogens with one attached hydrogen (secondary N) is 1. The van der Waals surface area contributed by atoms with E-state index in [9.17, 15) is 14.7 Å². The average molecular weight is 304 g/mol. The molecule has 0 spiro atoms. The first kappa shape index (κ1) is 16.5. The molecule has 1 saturated carbocycles. The van der Waals surface area contributed by atoms with Crippen LogP contribution in [0.2, 0.25) is 0 Å². The van der Waals surface area contributed by atoms with Gasteiger partial charge in [0.2, 0.25) is 5.91 Å². The first-order valence-electron chi connectivity index (χ1n) is 7.64. The molecule has 1 aromatic rings. The second kappa shape index (κ2) is 6.48. The van der Waals surface area contributed by atoms with Crippen molar-refractivity contribution in [3.05, 3.63) is 35.4 Å². The highest BCUT2D eigenvalue weighted by molar-refractivity contribution is 5.90. The molecule has 1 fully saturated rings. The van der Waals surface area contributed by atoms with Gasteiger partial charge < -0.3 is 10.4 Å². The van der Waals surface area contributed by atoms with Crippen molar-refractivity contribution in [2.24, 2.45) is 0 Å². The monoisotopic (exact) mass is 304 g/mol. The van der Waals surface area contributed by atoms with Crippen LogP contribution in [0.3, 0.4) is 0 Å². The number of carboxylic acid groups (broad SMARTS) is 1. The number of carboxylic acids is 1. The van der Waals surface area contributed by atoms with Gasteiger partial charge in [0, 0.05) is 0 Å². The van der Waals surface area contributed by atoms with Crippen LogP contribution in [-0.4, -0.2) is 41.5 Å². The van der Waals surface area contributed by atoms with E-state index >= 15 is 0 Å². The van der Waals surface area contributed by atoms with E-state index in [0.29, 0.717) is 12.8 Å². The number of carbonyl (C=O) groups excluding carboxylic acids is 1. The zero-order chi connectivity index (χ0) is 16.3. The van der Waals surface area contributed by atoms with Crippen LogP contribution in [0.4, 0.5) is 0 Å². The van der Waals surface area contributed by atoms with Gasteiger partial charge in [0.25, 0.3) is 0 Å². The van der Waals surface area contributed by atoms with Crippen LogP contribution in [0.5, 0.6) is 0 Å². The van der Waals surface area contributed by atoms with Crippen molar-refractivity contribution in [2.45, 2.75) is 44.2 Å². The molecule has 22 heavy (non-hydrogen) atoms. The van der Waals surface area contributed by atoms with Crippen molar-refractivity contribution in [2.75, 3.05) is 14.1 Å². The molecular formula is C17H24N2O3. The number of nitrogens with zero attached hydrogens (tertiary/aromatic N) is 1. The topological polar surface area (TPSA) is 69.6 Å². The molecule has 0 bridgehead atoms. The Morgan fingerprint density at radius 2 is 1.91 bits per heavy atom. The fraction of sp³-hybridized carbons (Fsp3) is 0.529. The van der Waals surface area contributed by atoms with Gasteiger partial charge >= 0.3 is 5.97 Å². The Labute approximate surface area is 131 Å². The van der Waals surface area contributed by atoms with Crippen LogP contribution in [0, 0.1) is 6.92 Å². The van der Waals surface area contributed by atoms with E-state index in [4.69, 9.17) is 0 Å². The number of benzene rings is 1. The Bertz CT molecular complexity index is 563. The first-order chi connectivity index (χ1) is 10.4. The highest BCUT2D eigenvalue weighted by Gasteiger charge is 2.44. The Balaban J connectivity index is 2.25. The van der Waals surface area contributed by atoms with Crippen molar-refractivity contribution in [3.8, 4) is 0 Å². The second-order valence-electron chi connectivity index (χ2n) is 6.36. The van der Waals surface area contributed by atoms with E-state index in [0.717, 1.165) is 24.0 Å². The molecule has 0 aromatic heterocycles. The maximum absolute atomic E-state index is 12.7. The maximum Gasteiger partial charge on any atom is 0.329 e. The van der Waals surface area contributed by atoms with Crippen LogP contribution in [0.25, 0.3) is 0 Å². The average Bonchev–Trinajstić information content (AvgIpc) is 2.88. The molecule has 1 aliphatic rings. The SMILES string of the molecule is Cc1cccc(C(C(=O)NC2(C(=O)O)CCCC2)N(C)C)c1. The molecule has 5 nitrogen and oxygen atoms in total. The Morgan fingerprint density at radius 1 is 1.27 bits per heavy atom. The van der Waals surface area contributed by atoms with E-state index in [-0.39, 0.29) is 5.91 Å².